The highest BCUT2D eigenvalue weighted by atomic mass is 19.1. The molecular weight excluding hydrogens is 295 g/mol. The highest BCUT2D eigenvalue weighted by Gasteiger charge is 2.07. The van der Waals surface area contributed by atoms with Crippen molar-refractivity contribution in [3.8, 4) is 5.75 Å². The van der Waals surface area contributed by atoms with E-state index in [4.69, 9.17) is 4.74 Å². The zero-order valence-corrected chi connectivity index (χ0v) is 13.6. The van der Waals surface area contributed by atoms with Gasteiger partial charge in [0.25, 0.3) is 5.91 Å². The fraction of sp³-hybridized carbons (Fsp3) is 0.278. The number of amides is 1. The summed E-state index contributed by atoms with van der Waals surface area (Å²) in [5, 5.41) is 2.85. The molecule has 1 amide bonds. The summed E-state index contributed by atoms with van der Waals surface area (Å²) >= 11 is 0. The summed E-state index contributed by atoms with van der Waals surface area (Å²) in [5.41, 5.74) is 2.39. The van der Waals surface area contributed by atoms with Gasteiger partial charge in [0.05, 0.1) is 7.11 Å². The molecule has 0 aromatic heterocycles. The lowest BCUT2D eigenvalue weighted by atomic mass is 10.1. The average molecular weight is 316 g/mol. The van der Waals surface area contributed by atoms with Crippen molar-refractivity contribution in [3.63, 3.8) is 0 Å². The van der Waals surface area contributed by atoms with Crippen LogP contribution in [-0.2, 0) is 6.42 Å². The van der Waals surface area contributed by atoms with Crippen molar-refractivity contribution in [2.75, 3.05) is 32.6 Å². The monoisotopic (exact) mass is 316 g/mol. The van der Waals surface area contributed by atoms with Crippen molar-refractivity contribution in [1.29, 1.82) is 0 Å². The third kappa shape index (κ3) is 4.45. The maximum absolute atomic E-state index is 13.6. The summed E-state index contributed by atoms with van der Waals surface area (Å²) in [6, 6.07) is 12.2. The molecule has 23 heavy (non-hydrogen) atoms. The number of hydrogen-bond donors (Lipinski definition) is 1. The van der Waals surface area contributed by atoms with Gasteiger partial charge in [0.1, 0.15) is 0 Å². The molecule has 0 fully saturated rings. The van der Waals surface area contributed by atoms with Crippen molar-refractivity contribution in [3.05, 3.63) is 59.4 Å². The first kappa shape index (κ1) is 16.8. The normalized spacial score (nSPS) is 10.3. The van der Waals surface area contributed by atoms with Gasteiger partial charge < -0.3 is 15.0 Å². The Kier molecular flexibility index (Phi) is 5.57. The number of halogens is 1. The van der Waals surface area contributed by atoms with Crippen LogP contribution in [-0.4, -0.2) is 33.7 Å². The van der Waals surface area contributed by atoms with E-state index in [0.717, 1.165) is 11.3 Å². The SMILES string of the molecule is COc1ccc(CCNC(=O)c2cccc(N(C)C)c2)cc1F. The Hall–Kier alpha value is -2.56. The van der Waals surface area contributed by atoms with E-state index < -0.39 is 5.82 Å². The van der Waals surface area contributed by atoms with Gasteiger partial charge in [0.15, 0.2) is 11.6 Å². The average Bonchev–Trinajstić information content (AvgIpc) is 2.55. The molecule has 2 aromatic rings. The summed E-state index contributed by atoms with van der Waals surface area (Å²) < 4.78 is 18.5. The molecule has 0 saturated carbocycles. The van der Waals surface area contributed by atoms with Gasteiger partial charge in [0, 0.05) is 31.9 Å². The second-order valence-electron chi connectivity index (χ2n) is 5.42. The maximum Gasteiger partial charge on any atom is 0.251 e. The summed E-state index contributed by atoms with van der Waals surface area (Å²) in [6.07, 6.45) is 0.556. The molecule has 5 heteroatoms. The van der Waals surface area contributed by atoms with Gasteiger partial charge in [-0.2, -0.15) is 0 Å². The minimum absolute atomic E-state index is 0.136. The van der Waals surface area contributed by atoms with Crippen molar-refractivity contribution in [1.82, 2.24) is 5.32 Å². The number of carbonyl (C=O) groups is 1. The quantitative estimate of drug-likeness (QED) is 0.891. The third-order valence-corrected chi connectivity index (χ3v) is 3.54. The van der Waals surface area contributed by atoms with Crippen LogP contribution in [0.25, 0.3) is 0 Å². The van der Waals surface area contributed by atoms with Crippen molar-refractivity contribution in [2.45, 2.75) is 6.42 Å². The molecule has 0 heterocycles. The number of carbonyl (C=O) groups excluding carboxylic acids is 1. The molecule has 0 bridgehead atoms. The number of ether oxygens (including phenoxy) is 1. The van der Waals surface area contributed by atoms with E-state index in [1.165, 1.54) is 13.2 Å². The molecule has 0 aliphatic rings. The lowest BCUT2D eigenvalue weighted by Crippen LogP contribution is -2.26. The molecule has 0 aliphatic carbocycles. The van der Waals surface area contributed by atoms with E-state index in [0.29, 0.717) is 18.5 Å². The number of rotatable bonds is 6. The highest BCUT2D eigenvalue weighted by molar-refractivity contribution is 5.95. The summed E-state index contributed by atoms with van der Waals surface area (Å²) in [6.45, 7) is 0.441. The molecule has 0 aliphatic heterocycles. The molecule has 0 saturated heterocycles. The molecule has 2 rings (SSSR count). The number of hydrogen-bond acceptors (Lipinski definition) is 3. The van der Waals surface area contributed by atoms with Crippen LogP contribution in [0.3, 0.4) is 0 Å². The van der Waals surface area contributed by atoms with Crippen LogP contribution in [0, 0.1) is 5.82 Å². The van der Waals surface area contributed by atoms with Crippen molar-refractivity contribution >= 4 is 11.6 Å². The van der Waals surface area contributed by atoms with E-state index in [1.54, 1.807) is 18.2 Å². The van der Waals surface area contributed by atoms with E-state index in [9.17, 15) is 9.18 Å². The van der Waals surface area contributed by atoms with Gasteiger partial charge in [-0.05, 0) is 42.3 Å². The summed E-state index contributed by atoms with van der Waals surface area (Å²) in [7, 11) is 5.28. The van der Waals surface area contributed by atoms with Gasteiger partial charge in [-0.25, -0.2) is 4.39 Å². The molecule has 2 aromatic carbocycles. The summed E-state index contributed by atoms with van der Waals surface area (Å²) in [4.78, 5) is 14.1. The molecule has 0 radical (unpaired) electrons. The number of anilines is 1. The van der Waals surface area contributed by atoms with Crippen LogP contribution in [0.2, 0.25) is 0 Å². The Labute approximate surface area is 135 Å². The number of nitrogens with zero attached hydrogens (tertiary/aromatic N) is 1. The highest BCUT2D eigenvalue weighted by Crippen LogP contribution is 2.18. The standard InChI is InChI=1S/C18H21FN2O2/c1-21(2)15-6-4-5-14(12-15)18(22)20-10-9-13-7-8-17(23-3)16(19)11-13/h4-8,11-12H,9-10H2,1-3H3,(H,20,22). The summed E-state index contributed by atoms with van der Waals surface area (Å²) in [5.74, 6) is -0.309. The number of nitrogens with one attached hydrogen (secondary N) is 1. The van der Waals surface area contributed by atoms with Gasteiger partial charge in [0.2, 0.25) is 0 Å². The lowest BCUT2D eigenvalue weighted by Gasteiger charge is -2.13. The Bertz CT molecular complexity index is 686. The molecule has 1 N–H and O–H groups in total. The predicted octanol–water partition coefficient (Wildman–Crippen LogP) is 2.87. The zero-order valence-electron chi connectivity index (χ0n) is 13.6. The molecule has 0 unspecified atom stereocenters. The topological polar surface area (TPSA) is 41.6 Å². The van der Waals surface area contributed by atoms with E-state index in [2.05, 4.69) is 5.32 Å². The molecule has 0 spiro atoms. The van der Waals surface area contributed by atoms with Crippen LogP contribution in [0.1, 0.15) is 15.9 Å². The largest absolute Gasteiger partial charge is 0.494 e. The van der Waals surface area contributed by atoms with Crippen LogP contribution in [0.4, 0.5) is 10.1 Å². The van der Waals surface area contributed by atoms with Crippen molar-refractivity contribution in [2.24, 2.45) is 0 Å². The lowest BCUT2D eigenvalue weighted by molar-refractivity contribution is 0.0954. The Morgan fingerprint density at radius 2 is 2.00 bits per heavy atom. The number of methoxy groups -OCH3 is 1. The van der Waals surface area contributed by atoms with E-state index in [-0.39, 0.29) is 11.7 Å². The predicted molar refractivity (Wildman–Crippen MR) is 89.8 cm³/mol. The number of benzene rings is 2. The van der Waals surface area contributed by atoms with Gasteiger partial charge in [-0.1, -0.05) is 12.1 Å². The first-order valence-corrected chi connectivity index (χ1v) is 7.39. The van der Waals surface area contributed by atoms with Gasteiger partial charge >= 0.3 is 0 Å². The van der Waals surface area contributed by atoms with Crippen LogP contribution >= 0.6 is 0 Å². The fourth-order valence-electron chi connectivity index (χ4n) is 2.21. The minimum Gasteiger partial charge on any atom is -0.494 e. The van der Waals surface area contributed by atoms with Crippen LogP contribution in [0.15, 0.2) is 42.5 Å². The second kappa shape index (κ2) is 7.63. The molecule has 4 nitrogen and oxygen atoms in total. The minimum atomic E-state index is -0.394. The van der Waals surface area contributed by atoms with E-state index in [1.807, 2.05) is 37.2 Å². The molecule has 0 atom stereocenters. The van der Waals surface area contributed by atoms with Crippen LogP contribution in [0.5, 0.6) is 5.75 Å². The Morgan fingerprint density at radius 3 is 2.65 bits per heavy atom. The smallest absolute Gasteiger partial charge is 0.251 e. The third-order valence-electron chi connectivity index (χ3n) is 3.54. The first-order valence-electron chi connectivity index (χ1n) is 7.39. The molecular formula is C18H21FN2O2. The van der Waals surface area contributed by atoms with Gasteiger partial charge in [-0.15, -0.1) is 0 Å². The van der Waals surface area contributed by atoms with E-state index >= 15 is 0 Å². The zero-order chi connectivity index (χ0) is 16.8. The molecule has 122 valence electrons. The van der Waals surface area contributed by atoms with Gasteiger partial charge in [-0.3, -0.25) is 4.79 Å². The maximum atomic E-state index is 13.6. The van der Waals surface area contributed by atoms with Crippen LogP contribution < -0.4 is 15.0 Å². The Balaban J connectivity index is 1.92. The first-order chi connectivity index (χ1) is 11.0. The second-order valence-corrected chi connectivity index (χ2v) is 5.42. The fourth-order valence-corrected chi connectivity index (χ4v) is 2.21. The van der Waals surface area contributed by atoms with Crippen molar-refractivity contribution < 1.29 is 13.9 Å². The Morgan fingerprint density at radius 1 is 1.22 bits per heavy atom.